The smallest absolute Gasteiger partial charge is 0.303 e. The summed E-state index contributed by atoms with van der Waals surface area (Å²) in [5.41, 5.74) is 1.88. The summed E-state index contributed by atoms with van der Waals surface area (Å²) in [6, 6.07) is 7.59. The quantitative estimate of drug-likeness (QED) is 0.710. The topological polar surface area (TPSA) is 86.7 Å². The monoisotopic (exact) mass is 392 g/mol. The zero-order chi connectivity index (χ0) is 19.8. The van der Waals surface area contributed by atoms with Crippen LogP contribution >= 0.6 is 11.8 Å². The molecule has 1 aromatic rings. The van der Waals surface area contributed by atoms with Gasteiger partial charge in [-0.05, 0) is 51.2 Å². The normalized spacial score (nSPS) is 18.0. The number of benzene rings is 1. The van der Waals surface area contributed by atoms with Crippen molar-refractivity contribution in [1.29, 1.82) is 0 Å². The molecule has 0 aromatic heterocycles. The molecule has 0 bridgehead atoms. The Balaban J connectivity index is 1.76. The molecule has 0 radical (unpaired) electrons. The number of carboxylic acids is 1. The zero-order valence-electron chi connectivity index (χ0n) is 15.9. The molecule has 1 saturated heterocycles. The first kappa shape index (κ1) is 21.3. The molecule has 1 aromatic carbocycles. The van der Waals surface area contributed by atoms with E-state index in [0.29, 0.717) is 19.5 Å². The summed E-state index contributed by atoms with van der Waals surface area (Å²) < 4.78 is 0. The number of aryl methyl sites for hydroxylation is 1. The van der Waals surface area contributed by atoms with Crippen molar-refractivity contribution >= 4 is 35.2 Å². The number of hydrogen-bond acceptors (Lipinski definition) is 4. The van der Waals surface area contributed by atoms with E-state index in [0.717, 1.165) is 24.1 Å². The molecule has 1 heterocycles. The molecule has 0 spiro atoms. The molecule has 2 N–H and O–H groups in total. The van der Waals surface area contributed by atoms with E-state index in [1.54, 1.807) is 0 Å². The van der Waals surface area contributed by atoms with Crippen molar-refractivity contribution in [2.75, 3.05) is 24.2 Å². The first-order chi connectivity index (χ1) is 12.8. The number of amides is 2. The van der Waals surface area contributed by atoms with Gasteiger partial charge in [0.15, 0.2) is 0 Å². The van der Waals surface area contributed by atoms with Crippen molar-refractivity contribution in [3.8, 4) is 0 Å². The number of hydrogen-bond donors (Lipinski definition) is 2. The Morgan fingerprint density at radius 2 is 2.00 bits per heavy atom. The Bertz CT molecular complexity index is 662. The van der Waals surface area contributed by atoms with Gasteiger partial charge in [0.05, 0.1) is 11.0 Å². The highest BCUT2D eigenvalue weighted by Crippen LogP contribution is 2.23. The maximum Gasteiger partial charge on any atom is 0.303 e. The second-order valence-electron chi connectivity index (χ2n) is 7.09. The maximum atomic E-state index is 12.6. The van der Waals surface area contributed by atoms with Crippen LogP contribution in [0.3, 0.4) is 0 Å². The first-order valence-electron chi connectivity index (χ1n) is 9.34. The van der Waals surface area contributed by atoms with E-state index in [4.69, 9.17) is 5.11 Å². The van der Waals surface area contributed by atoms with E-state index in [1.165, 1.54) is 11.8 Å². The van der Waals surface area contributed by atoms with Crippen molar-refractivity contribution in [3.63, 3.8) is 0 Å². The number of nitrogens with one attached hydrogen (secondary N) is 1. The third kappa shape index (κ3) is 7.25. The summed E-state index contributed by atoms with van der Waals surface area (Å²) in [7, 11) is 0. The third-order valence-electron chi connectivity index (χ3n) is 4.74. The predicted molar refractivity (Wildman–Crippen MR) is 108 cm³/mol. The van der Waals surface area contributed by atoms with Gasteiger partial charge in [0.25, 0.3) is 0 Å². The molecule has 2 amide bonds. The Hall–Kier alpha value is -2.02. The van der Waals surface area contributed by atoms with Gasteiger partial charge < -0.3 is 15.3 Å². The van der Waals surface area contributed by atoms with Gasteiger partial charge in [-0.25, -0.2) is 0 Å². The van der Waals surface area contributed by atoms with Crippen LogP contribution in [0.25, 0.3) is 0 Å². The second kappa shape index (κ2) is 10.3. The van der Waals surface area contributed by atoms with Crippen LogP contribution in [0, 0.1) is 12.8 Å². The Morgan fingerprint density at radius 1 is 1.30 bits per heavy atom. The van der Waals surface area contributed by atoms with Crippen molar-refractivity contribution in [3.05, 3.63) is 29.8 Å². The minimum Gasteiger partial charge on any atom is -0.481 e. The zero-order valence-corrected chi connectivity index (χ0v) is 16.8. The van der Waals surface area contributed by atoms with Crippen LogP contribution in [0.4, 0.5) is 5.69 Å². The fourth-order valence-corrected chi connectivity index (χ4v) is 3.96. The standard InChI is InChI=1S/C20H28N2O4S/c1-14-5-8-17(9-6-14)21-18(23)13-27-15(2)20(26)22-11-3-4-16(12-22)7-10-19(24)25/h5-6,8-9,15-16H,3-4,7,10-13H2,1-2H3,(H,21,23)(H,24,25). The number of anilines is 1. The molecule has 0 aliphatic carbocycles. The van der Waals surface area contributed by atoms with E-state index in [1.807, 2.05) is 43.0 Å². The Labute approximate surface area is 164 Å². The molecule has 2 rings (SSSR count). The molecule has 1 fully saturated rings. The molecule has 1 aliphatic rings. The SMILES string of the molecule is Cc1ccc(NC(=O)CSC(C)C(=O)N2CCCC(CCC(=O)O)C2)cc1. The summed E-state index contributed by atoms with van der Waals surface area (Å²) in [5.74, 6) is -0.413. The van der Waals surface area contributed by atoms with E-state index in [-0.39, 0.29) is 35.2 Å². The lowest BCUT2D eigenvalue weighted by atomic mass is 9.93. The van der Waals surface area contributed by atoms with Crippen LogP contribution < -0.4 is 5.32 Å². The van der Waals surface area contributed by atoms with Crippen molar-refractivity contribution < 1.29 is 19.5 Å². The number of piperidine rings is 1. The molecule has 27 heavy (non-hydrogen) atoms. The van der Waals surface area contributed by atoms with Crippen molar-refractivity contribution in [1.82, 2.24) is 4.90 Å². The number of aliphatic carboxylic acids is 1. The Kier molecular flexibility index (Phi) is 8.16. The van der Waals surface area contributed by atoms with Crippen LogP contribution in [0.1, 0.15) is 38.2 Å². The highest BCUT2D eigenvalue weighted by atomic mass is 32.2. The lowest BCUT2D eigenvalue weighted by molar-refractivity contribution is -0.137. The number of rotatable bonds is 8. The average molecular weight is 393 g/mol. The third-order valence-corrected chi connectivity index (χ3v) is 5.88. The predicted octanol–water partition coefficient (Wildman–Crippen LogP) is 3.16. The molecule has 7 heteroatoms. The van der Waals surface area contributed by atoms with Crippen LogP contribution in [-0.4, -0.2) is 51.9 Å². The molecule has 6 nitrogen and oxygen atoms in total. The molecule has 148 valence electrons. The Morgan fingerprint density at radius 3 is 2.67 bits per heavy atom. The molecule has 2 atom stereocenters. The minimum absolute atomic E-state index is 0.0307. The summed E-state index contributed by atoms with van der Waals surface area (Å²) in [5, 5.41) is 11.4. The van der Waals surface area contributed by atoms with Gasteiger partial charge in [-0.3, -0.25) is 14.4 Å². The van der Waals surface area contributed by atoms with E-state index < -0.39 is 5.97 Å². The average Bonchev–Trinajstić information content (AvgIpc) is 2.66. The highest BCUT2D eigenvalue weighted by Gasteiger charge is 2.27. The summed E-state index contributed by atoms with van der Waals surface area (Å²) in [6.45, 7) is 5.14. The highest BCUT2D eigenvalue weighted by molar-refractivity contribution is 8.01. The van der Waals surface area contributed by atoms with Crippen LogP contribution in [0.2, 0.25) is 0 Å². The fraction of sp³-hybridized carbons (Fsp3) is 0.550. The number of carboxylic acid groups (broad SMARTS) is 1. The first-order valence-corrected chi connectivity index (χ1v) is 10.4. The van der Waals surface area contributed by atoms with E-state index in [9.17, 15) is 14.4 Å². The minimum atomic E-state index is -0.790. The van der Waals surface area contributed by atoms with Gasteiger partial charge in [0, 0.05) is 25.2 Å². The van der Waals surface area contributed by atoms with Crippen LogP contribution in [-0.2, 0) is 14.4 Å². The molecular weight excluding hydrogens is 364 g/mol. The van der Waals surface area contributed by atoms with Crippen molar-refractivity contribution in [2.45, 2.75) is 44.8 Å². The van der Waals surface area contributed by atoms with Gasteiger partial charge in [0.1, 0.15) is 0 Å². The maximum absolute atomic E-state index is 12.6. The van der Waals surface area contributed by atoms with Gasteiger partial charge in [-0.1, -0.05) is 17.7 Å². The lowest BCUT2D eigenvalue weighted by Gasteiger charge is -2.34. The summed E-state index contributed by atoms with van der Waals surface area (Å²) in [4.78, 5) is 37.3. The lowest BCUT2D eigenvalue weighted by Crippen LogP contribution is -2.43. The van der Waals surface area contributed by atoms with Gasteiger partial charge in [0.2, 0.25) is 11.8 Å². The fourth-order valence-electron chi connectivity index (χ4n) is 3.19. The van der Waals surface area contributed by atoms with E-state index in [2.05, 4.69) is 5.32 Å². The molecule has 0 saturated carbocycles. The number of nitrogens with zero attached hydrogens (tertiary/aromatic N) is 1. The largest absolute Gasteiger partial charge is 0.481 e. The molecule has 1 aliphatic heterocycles. The second-order valence-corrected chi connectivity index (χ2v) is 8.42. The molecule has 2 unspecified atom stereocenters. The van der Waals surface area contributed by atoms with Crippen LogP contribution in [0.15, 0.2) is 24.3 Å². The van der Waals surface area contributed by atoms with Gasteiger partial charge in [-0.2, -0.15) is 0 Å². The summed E-state index contributed by atoms with van der Waals surface area (Å²) >= 11 is 1.33. The molecular formula is C20H28N2O4S. The van der Waals surface area contributed by atoms with Crippen LogP contribution in [0.5, 0.6) is 0 Å². The number of likely N-dealkylation sites (tertiary alicyclic amines) is 1. The number of carbonyl (C=O) groups excluding carboxylic acids is 2. The van der Waals surface area contributed by atoms with Gasteiger partial charge in [-0.15, -0.1) is 11.8 Å². The summed E-state index contributed by atoms with van der Waals surface area (Å²) in [6.07, 6.45) is 2.63. The van der Waals surface area contributed by atoms with E-state index >= 15 is 0 Å². The number of thioether (sulfide) groups is 1. The number of carbonyl (C=O) groups is 3. The van der Waals surface area contributed by atoms with Crippen molar-refractivity contribution in [2.24, 2.45) is 5.92 Å². The van der Waals surface area contributed by atoms with Gasteiger partial charge >= 0.3 is 5.97 Å².